The van der Waals surface area contributed by atoms with Gasteiger partial charge in [0.1, 0.15) is 0 Å². The van der Waals surface area contributed by atoms with Crippen molar-refractivity contribution >= 4 is 33.8 Å². The topological polar surface area (TPSA) is 45.1 Å². The van der Waals surface area contributed by atoms with E-state index < -0.39 is 0 Å². The van der Waals surface area contributed by atoms with E-state index in [9.17, 15) is 0 Å². The number of halogens is 1. The molecule has 1 aromatic heterocycles. The van der Waals surface area contributed by atoms with Gasteiger partial charge in [-0.15, -0.1) is 11.3 Å². The first-order chi connectivity index (χ1) is 7.28. The average molecular weight is 241 g/mol. The van der Waals surface area contributed by atoms with E-state index in [2.05, 4.69) is 10.3 Å². The highest BCUT2D eigenvalue weighted by atomic mass is 35.5. The van der Waals surface area contributed by atoms with Crippen LogP contribution in [0.15, 0.2) is 29.6 Å². The van der Waals surface area contributed by atoms with Crippen LogP contribution in [0.1, 0.15) is 5.69 Å². The third kappa shape index (κ3) is 2.68. The lowest BCUT2D eigenvalue weighted by Gasteiger charge is -2.01. The maximum atomic E-state index is 8.85. The van der Waals surface area contributed by atoms with Crippen LogP contribution >= 0.6 is 22.9 Å². The third-order valence-corrected chi connectivity index (χ3v) is 2.87. The lowest BCUT2D eigenvalue weighted by Crippen LogP contribution is -1.90. The Labute approximate surface area is 96.4 Å². The number of hydrogen-bond acceptors (Lipinski definition) is 4. The van der Waals surface area contributed by atoms with Crippen LogP contribution in [0.2, 0.25) is 5.02 Å². The zero-order chi connectivity index (χ0) is 10.7. The Morgan fingerprint density at radius 1 is 1.33 bits per heavy atom. The SMILES string of the molecule is OCc1csc(Nc2ccc(Cl)cc2)n1. The molecule has 0 aliphatic carbocycles. The molecule has 0 saturated heterocycles. The third-order valence-electron chi connectivity index (χ3n) is 1.81. The first-order valence-corrected chi connectivity index (χ1v) is 5.61. The molecular weight excluding hydrogens is 232 g/mol. The minimum atomic E-state index is -0.0290. The second kappa shape index (κ2) is 4.61. The van der Waals surface area contributed by atoms with Crippen molar-refractivity contribution in [2.24, 2.45) is 0 Å². The molecule has 2 aromatic rings. The van der Waals surface area contributed by atoms with Gasteiger partial charge in [-0.1, -0.05) is 11.6 Å². The number of rotatable bonds is 3. The van der Waals surface area contributed by atoms with E-state index in [4.69, 9.17) is 16.7 Å². The van der Waals surface area contributed by atoms with Crippen molar-refractivity contribution in [3.63, 3.8) is 0 Å². The molecule has 3 nitrogen and oxygen atoms in total. The highest BCUT2D eigenvalue weighted by Gasteiger charge is 2.00. The molecule has 0 spiro atoms. The molecule has 2 N–H and O–H groups in total. The van der Waals surface area contributed by atoms with Crippen LogP contribution in [0.5, 0.6) is 0 Å². The number of thiazole rings is 1. The minimum absolute atomic E-state index is 0.0290. The smallest absolute Gasteiger partial charge is 0.187 e. The van der Waals surface area contributed by atoms with Crippen LogP contribution < -0.4 is 5.32 Å². The van der Waals surface area contributed by atoms with Crippen LogP contribution in [0.25, 0.3) is 0 Å². The van der Waals surface area contributed by atoms with Crippen LogP contribution in [0.4, 0.5) is 10.8 Å². The molecule has 0 bridgehead atoms. The first-order valence-electron chi connectivity index (χ1n) is 4.36. The molecular formula is C10H9ClN2OS. The Bertz CT molecular complexity index is 441. The summed E-state index contributed by atoms with van der Waals surface area (Å²) in [6.07, 6.45) is 0. The molecule has 0 atom stereocenters. The molecule has 0 saturated carbocycles. The molecule has 15 heavy (non-hydrogen) atoms. The number of nitrogens with zero attached hydrogens (tertiary/aromatic N) is 1. The predicted octanol–water partition coefficient (Wildman–Crippen LogP) is 3.03. The van der Waals surface area contributed by atoms with Crippen molar-refractivity contribution in [3.05, 3.63) is 40.4 Å². The molecule has 5 heteroatoms. The van der Waals surface area contributed by atoms with Crippen LogP contribution in [-0.4, -0.2) is 10.1 Å². The van der Waals surface area contributed by atoms with Gasteiger partial charge in [0, 0.05) is 16.1 Å². The predicted molar refractivity (Wildman–Crippen MR) is 62.8 cm³/mol. The summed E-state index contributed by atoms with van der Waals surface area (Å²) >= 11 is 7.23. The van der Waals surface area contributed by atoms with Gasteiger partial charge in [-0.25, -0.2) is 4.98 Å². The van der Waals surface area contributed by atoms with Crippen molar-refractivity contribution in [2.75, 3.05) is 5.32 Å². The molecule has 1 aromatic carbocycles. The molecule has 1 heterocycles. The van der Waals surface area contributed by atoms with E-state index in [1.807, 2.05) is 29.6 Å². The van der Waals surface area contributed by atoms with E-state index in [0.29, 0.717) is 10.7 Å². The van der Waals surface area contributed by atoms with E-state index in [1.54, 1.807) is 0 Å². The van der Waals surface area contributed by atoms with Crippen molar-refractivity contribution in [1.82, 2.24) is 4.98 Å². The van der Waals surface area contributed by atoms with Gasteiger partial charge in [-0.3, -0.25) is 0 Å². The minimum Gasteiger partial charge on any atom is -0.390 e. The molecule has 0 aliphatic heterocycles. The summed E-state index contributed by atoms with van der Waals surface area (Å²) < 4.78 is 0. The number of anilines is 2. The number of benzene rings is 1. The Morgan fingerprint density at radius 3 is 2.67 bits per heavy atom. The number of aromatic nitrogens is 1. The molecule has 0 amide bonds. The maximum absolute atomic E-state index is 8.85. The largest absolute Gasteiger partial charge is 0.390 e. The number of aliphatic hydroxyl groups is 1. The highest BCUT2D eigenvalue weighted by molar-refractivity contribution is 7.13. The number of aliphatic hydroxyl groups excluding tert-OH is 1. The van der Waals surface area contributed by atoms with Gasteiger partial charge in [-0.2, -0.15) is 0 Å². The highest BCUT2D eigenvalue weighted by Crippen LogP contribution is 2.22. The second-order valence-corrected chi connectivity index (χ2v) is 4.23. The van der Waals surface area contributed by atoms with Crippen LogP contribution in [-0.2, 0) is 6.61 Å². The maximum Gasteiger partial charge on any atom is 0.187 e. The van der Waals surface area contributed by atoms with Crippen molar-refractivity contribution in [1.29, 1.82) is 0 Å². The van der Waals surface area contributed by atoms with E-state index >= 15 is 0 Å². The van der Waals surface area contributed by atoms with Gasteiger partial charge in [0.05, 0.1) is 12.3 Å². The summed E-state index contributed by atoms with van der Waals surface area (Å²) in [4.78, 5) is 4.17. The van der Waals surface area contributed by atoms with Gasteiger partial charge in [-0.05, 0) is 24.3 Å². The van der Waals surface area contributed by atoms with Crippen molar-refractivity contribution < 1.29 is 5.11 Å². The first kappa shape index (κ1) is 10.4. The lowest BCUT2D eigenvalue weighted by molar-refractivity contribution is 0.278. The van der Waals surface area contributed by atoms with Crippen LogP contribution in [0.3, 0.4) is 0 Å². The fourth-order valence-electron chi connectivity index (χ4n) is 1.09. The monoisotopic (exact) mass is 240 g/mol. The zero-order valence-electron chi connectivity index (χ0n) is 7.77. The molecule has 0 aliphatic rings. The molecule has 78 valence electrons. The fourth-order valence-corrected chi connectivity index (χ4v) is 1.94. The lowest BCUT2D eigenvalue weighted by atomic mass is 10.3. The summed E-state index contributed by atoms with van der Waals surface area (Å²) in [5, 5.41) is 15.3. The fraction of sp³-hybridized carbons (Fsp3) is 0.100. The Kier molecular flexibility index (Phi) is 3.20. The van der Waals surface area contributed by atoms with Gasteiger partial charge in [0.25, 0.3) is 0 Å². The van der Waals surface area contributed by atoms with E-state index in [1.165, 1.54) is 11.3 Å². The second-order valence-electron chi connectivity index (χ2n) is 2.93. The van der Waals surface area contributed by atoms with Gasteiger partial charge < -0.3 is 10.4 Å². The van der Waals surface area contributed by atoms with E-state index in [-0.39, 0.29) is 6.61 Å². The molecule has 2 rings (SSSR count). The molecule has 0 radical (unpaired) electrons. The van der Waals surface area contributed by atoms with Crippen LogP contribution in [0, 0.1) is 0 Å². The molecule has 0 unspecified atom stereocenters. The number of nitrogens with one attached hydrogen (secondary N) is 1. The van der Waals surface area contributed by atoms with Gasteiger partial charge >= 0.3 is 0 Å². The average Bonchev–Trinajstić information content (AvgIpc) is 2.69. The summed E-state index contributed by atoms with van der Waals surface area (Å²) in [5.41, 5.74) is 1.61. The summed E-state index contributed by atoms with van der Waals surface area (Å²) in [5.74, 6) is 0. The summed E-state index contributed by atoms with van der Waals surface area (Å²) in [6, 6.07) is 7.37. The zero-order valence-corrected chi connectivity index (χ0v) is 9.35. The Morgan fingerprint density at radius 2 is 2.07 bits per heavy atom. The van der Waals surface area contributed by atoms with E-state index in [0.717, 1.165) is 10.8 Å². The standard InChI is InChI=1S/C10H9ClN2OS/c11-7-1-3-8(4-2-7)12-10-13-9(5-14)6-15-10/h1-4,6,14H,5H2,(H,12,13). The van der Waals surface area contributed by atoms with Gasteiger partial charge in [0.15, 0.2) is 5.13 Å². The van der Waals surface area contributed by atoms with Gasteiger partial charge in [0.2, 0.25) is 0 Å². The summed E-state index contributed by atoms with van der Waals surface area (Å²) in [6.45, 7) is -0.0290. The normalized spacial score (nSPS) is 10.3. The van der Waals surface area contributed by atoms with Crippen molar-refractivity contribution in [2.45, 2.75) is 6.61 Å². The van der Waals surface area contributed by atoms with Crippen molar-refractivity contribution in [3.8, 4) is 0 Å². The summed E-state index contributed by atoms with van der Waals surface area (Å²) in [7, 11) is 0. The number of hydrogen-bond donors (Lipinski definition) is 2. The Balaban J connectivity index is 2.11. The quantitative estimate of drug-likeness (QED) is 0.867. The Hall–Kier alpha value is -1.10. The molecule has 0 fully saturated rings.